The third-order valence-electron chi connectivity index (χ3n) is 3.05. The second kappa shape index (κ2) is 10.8. The van der Waals surface area contributed by atoms with Gasteiger partial charge in [-0.25, -0.2) is 9.97 Å². The molecule has 2 aromatic rings. The van der Waals surface area contributed by atoms with Crippen LogP contribution in [0.5, 0.6) is 0 Å². The molecule has 0 aliphatic carbocycles. The van der Waals surface area contributed by atoms with Gasteiger partial charge in [0.05, 0.1) is 5.01 Å². The van der Waals surface area contributed by atoms with Gasteiger partial charge in [0, 0.05) is 43.8 Å². The van der Waals surface area contributed by atoms with Gasteiger partial charge in [-0.2, -0.15) is 0 Å². The minimum atomic E-state index is 0. The van der Waals surface area contributed by atoms with Gasteiger partial charge in [-0.05, 0) is 18.1 Å². The van der Waals surface area contributed by atoms with Crippen LogP contribution in [0.2, 0.25) is 5.15 Å². The fraction of sp³-hybridized carbons (Fsp3) is 0.400. The van der Waals surface area contributed by atoms with Crippen molar-refractivity contribution in [3.05, 3.63) is 45.1 Å². The Hall–Kier alpha value is -0.930. The number of nitrogens with zero attached hydrogens (tertiary/aromatic N) is 3. The first-order valence-electron chi connectivity index (χ1n) is 7.19. The predicted octanol–water partition coefficient (Wildman–Crippen LogP) is 3.28. The average Bonchev–Trinajstić information content (AvgIpc) is 3.00. The Morgan fingerprint density at radius 2 is 2.09 bits per heavy atom. The molecule has 0 aliphatic rings. The minimum Gasteiger partial charge on any atom is -0.356 e. The third kappa shape index (κ3) is 7.01. The molecule has 5 nitrogen and oxygen atoms in total. The quantitative estimate of drug-likeness (QED) is 0.297. The van der Waals surface area contributed by atoms with Gasteiger partial charge in [-0.3, -0.25) is 4.99 Å². The lowest BCUT2D eigenvalue weighted by molar-refractivity contribution is 0.790. The van der Waals surface area contributed by atoms with E-state index >= 15 is 0 Å². The number of halogens is 2. The molecule has 0 bridgehead atoms. The zero-order valence-electron chi connectivity index (χ0n) is 13.2. The van der Waals surface area contributed by atoms with Gasteiger partial charge >= 0.3 is 0 Å². The summed E-state index contributed by atoms with van der Waals surface area (Å²) in [4.78, 5) is 14.0. The highest BCUT2D eigenvalue weighted by molar-refractivity contribution is 14.0. The number of hydrogen-bond acceptors (Lipinski definition) is 4. The number of thiazole rings is 1. The zero-order valence-corrected chi connectivity index (χ0v) is 17.1. The van der Waals surface area contributed by atoms with Crippen LogP contribution in [0, 0.1) is 0 Å². The normalized spacial score (nSPS) is 11.0. The molecule has 0 radical (unpaired) electrons. The molecule has 126 valence electrons. The fourth-order valence-electron chi connectivity index (χ4n) is 1.83. The van der Waals surface area contributed by atoms with Crippen LogP contribution in [0.1, 0.15) is 22.4 Å². The van der Waals surface area contributed by atoms with E-state index in [-0.39, 0.29) is 24.0 Å². The highest BCUT2D eigenvalue weighted by Crippen LogP contribution is 2.13. The van der Waals surface area contributed by atoms with Crippen molar-refractivity contribution >= 4 is 52.9 Å². The number of aliphatic imine (C=N–C) groups is 1. The standard InChI is InChI=1S/C15H20ClN5S.HI/c1-3-12-10-20-14(22-12)6-7-18-15(17-2)21-9-11-4-5-13(16)19-8-11;/h4-5,8,10H,3,6-7,9H2,1-2H3,(H2,17,18,21);1H. The van der Waals surface area contributed by atoms with E-state index in [4.69, 9.17) is 11.6 Å². The van der Waals surface area contributed by atoms with Crippen molar-refractivity contribution < 1.29 is 0 Å². The molecule has 0 aliphatic heterocycles. The molecule has 0 spiro atoms. The van der Waals surface area contributed by atoms with Crippen molar-refractivity contribution in [3.8, 4) is 0 Å². The van der Waals surface area contributed by atoms with Crippen LogP contribution in [0.4, 0.5) is 0 Å². The summed E-state index contributed by atoms with van der Waals surface area (Å²) < 4.78 is 0. The fourth-order valence-corrected chi connectivity index (χ4v) is 2.81. The number of nitrogens with one attached hydrogen (secondary N) is 2. The number of aryl methyl sites for hydroxylation is 1. The van der Waals surface area contributed by atoms with Gasteiger partial charge in [0.15, 0.2) is 5.96 Å². The largest absolute Gasteiger partial charge is 0.356 e. The molecule has 23 heavy (non-hydrogen) atoms. The molecule has 2 rings (SSSR count). The van der Waals surface area contributed by atoms with Crippen LogP contribution in [0.3, 0.4) is 0 Å². The Balaban J connectivity index is 0.00000264. The van der Waals surface area contributed by atoms with E-state index in [0.717, 1.165) is 35.9 Å². The topological polar surface area (TPSA) is 62.2 Å². The van der Waals surface area contributed by atoms with Crippen LogP contribution in [-0.4, -0.2) is 29.5 Å². The molecule has 0 fully saturated rings. The maximum Gasteiger partial charge on any atom is 0.191 e. The summed E-state index contributed by atoms with van der Waals surface area (Å²) in [5.41, 5.74) is 1.06. The molecule has 0 saturated heterocycles. The van der Waals surface area contributed by atoms with Crippen LogP contribution < -0.4 is 10.6 Å². The van der Waals surface area contributed by atoms with Crippen LogP contribution >= 0.6 is 46.9 Å². The maximum absolute atomic E-state index is 5.77. The third-order valence-corrected chi connectivity index (χ3v) is 4.48. The van der Waals surface area contributed by atoms with E-state index < -0.39 is 0 Å². The molecule has 0 unspecified atom stereocenters. The van der Waals surface area contributed by atoms with E-state index in [1.807, 2.05) is 12.3 Å². The molecular weight excluding hydrogens is 445 g/mol. The first-order valence-corrected chi connectivity index (χ1v) is 8.39. The Morgan fingerprint density at radius 3 is 2.70 bits per heavy atom. The van der Waals surface area contributed by atoms with Gasteiger partial charge in [0.2, 0.25) is 0 Å². The van der Waals surface area contributed by atoms with Gasteiger partial charge < -0.3 is 10.6 Å². The Kier molecular flexibility index (Phi) is 9.42. The molecule has 0 saturated carbocycles. The molecule has 0 amide bonds. The Bertz CT molecular complexity index is 615. The van der Waals surface area contributed by atoms with E-state index in [2.05, 4.69) is 32.5 Å². The molecule has 0 atom stereocenters. The predicted molar refractivity (Wildman–Crippen MR) is 108 cm³/mol. The summed E-state index contributed by atoms with van der Waals surface area (Å²) >= 11 is 7.54. The van der Waals surface area contributed by atoms with E-state index in [1.54, 1.807) is 30.6 Å². The Morgan fingerprint density at radius 1 is 1.26 bits per heavy atom. The first-order chi connectivity index (χ1) is 10.7. The molecule has 2 aromatic heterocycles. The smallest absolute Gasteiger partial charge is 0.191 e. The zero-order chi connectivity index (χ0) is 15.8. The number of rotatable bonds is 6. The highest BCUT2D eigenvalue weighted by Gasteiger charge is 2.02. The summed E-state index contributed by atoms with van der Waals surface area (Å²) in [6, 6.07) is 3.72. The van der Waals surface area contributed by atoms with Crippen LogP contribution in [0.15, 0.2) is 29.5 Å². The Labute approximate surface area is 163 Å². The van der Waals surface area contributed by atoms with Crippen molar-refractivity contribution in [2.75, 3.05) is 13.6 Å². The molecule has 0 aromatic carbocycles. The van der Waals surface area contributed by atoms with Crippen LogP contribution in [-0.2, 0) is 19.4 Å². The summed E-state index contributed by atoms with van der Waals surface area (Å²) in [7, 11) is 1.76. The second-order valence-electron chi connectivity index (χ2n) is 4.67. The van der Waals surface area contributed by atoms with Crippen molar-refractivity contribution in [1.82, 2.24) is 20.6 Å². The van der Waals surface area contributed by atoms with Crippen molar-refractivity contribution in [3.63, 3.8) is 0 Å². The van der Waals surface area contributed by atoms with E-state index in [1.165, 1.54) is 4.88 Å². The minimum absolute atomic E-state index is 0. The van der Waals surface area contributed by atoms with Crippen molar-refractivity contribution in [1.29, 1.82) is 0 Å². The molecule has 2 heterocycles. The molecular formula is C15H21ClIN5S. The van der Waals surface area contributed by atoms with Crippen molar-refractivity contribution in [2.45, 2.75) is 26.3 Å². The highest BCUT2D eigenvalue weighted by atomic mass is 127. The number of pyridine rings is 1. The summed E-state index contributed by atoms with van der Waals surface area (Å²) in [6.45, 7) is 3.60. The second-order valence-corrected chi connectivity index (χ2v) is 6.25. The molecule has 8 heteroatoms. The van der Waals surface area contributed by atoms with Gasteiger partial charge in [-0.1, -0.05) is 24.6 Å². The van der Waals surface area contributed by atoms with Gasteiger partial charge in [-0.15, -0.1) is 35.3 Å². The monoisotopic (exact) mass is 465 g/mol. The summed E-state index contributed by atoms with van der Waals surface area (Å²) in [6.07, 6.45) is 5.66. The van der Waals surface area contributed by atoms with Gasteiger partial charge in [0.25, 0.3) is 0 Å². The average molecular weight is 466 g/mol. The first kappa shape index (κ1) is 20.1. The summed E-state index contributed by atoms with van der Waals surface area (Å²) in [5, 5.41) is 8.19. The van der Waals surface area contributed by atoms with Gasteiger partial charge in [0.1, 0.15) is 5.15 Å². The lowest BCUT2D eigenvalue weighted by Crippen LogP contribution is -2.37. The SMILES string of the molecule is CCc1cnc(CCNC(=NC)NCc2ccc(Cl)nc2)s1.I. The van der Waals surface area contributed by atoms with E-state index in [0.29, 0.717) is 11.7 Å². The lowest BCUT2D eigenvalue weighted by atomic mass is 10.3. The number of hydrogen-bond donors (Lipinski definition) is 2. The van der Waals surface area contributed by atoms with Crippen LogP contribution in [0.25, 0.3) is 0 Å². The van der Waals surface area contributed by atoms with E-state index in [9.17, 15) is 0 Å². The number of aromatic nitrogens is 2. The van der Waals surface area contributed by atoms with Crippen molar-refractivity contribution in [2.24, 2.45) is 4.99 Å². The molecule has 2 N–H and O–H groups in total. The lowest BCUT2D eigenvalue weighted by Gasteiger charge is -2.11. The number of guanidine groups is 1. The maximum atomic E-state index is 5.77. The summed E-state index contributed by atoms with van der Waals surface area (Å²) in [5.74, 6) is 0.766.